The zero-order valence-corrected chi connectivity index (χ0v) is 10.3. The summed E-state index contributed by atoms with van der Waals surface area (Å²) in [5.41, 5.74) is 5.44. The van der Waals surface area contributed by atoms with Gasteiger partial charge in [-0.25, -0.2) is 0 Å². The van der Waals surface area contributed by atoms with Gasteiger partial charge >= 0.3 is 0 Å². The molecule has 0 N–H and O–H groups in total. The predicted octanol–water partition coefficient (Wildman–Crippen LogP) is 4.21. The van der Waals surface area contributed by atoms with Crippen LogP contribution in [0, 0.1) is 6.92 Å². The molecule has 0 fully saturated rings. The SMILES string of the molecule is CCC(=C(C)C)c1cc(OC)ccc1C. The minimum Gasteiger partial charge on any atom is -0.497 e. The summed E-state index contributed by atoms with van der Waals surface area (Å²) in [4.78, 5) is 0. The number of hydrogen-bond acceptors (Lipinski definition) is 1. The summed E-state index contributed by atoms with van der Waals surface area (Å²) in [5, 5.41) is 0. The maximum Gasteiger partial charge on any atom is 0.119 e. The topological polar surface area (TPSA) is 9.23 Å². The van der Waals surface area contributed by atoms with Crippen LogP contribution in [0.15, 0.2) is 23.8 Å². The van der Waals surface area contributed by atoms with Crippen LogP contribution in [-0.2, 0) is 0 Å². The highest BCUT2D eigenvalue weighted by Gasteiger charge is 2.06. The van der Waals surface area contributed by atoms with Crippen LogP contribution in [0.2, 0.25) is 0 Å². The van der Waals surface area contributed by atoms with Crippen LogP contribution in [-0.4, -0.2) is 7.11 Å². The van der Waals surface area contributed by atoms with Gasteiger partial charge in [-0.1, -0.05) is 18.6 Å². The van der Waals surface area contributed by atoms with E-state index in [2.05, 4.69) is 39.8 Å². The Kier molecular flexibility index (Phi) is 3.96. The molecular weight excluding hydrogens is 184 g/mol. The molecule has 1 aromatic carbocycles. The van der Waals surface area contributed by atoms with Gasteiger partial charge in [-0.15, -0.1) is 0 Å². The van der Waals surface area contributed by atoms with Gasteiger partial charge < -0.3 is 4.74 Å². The Morgan fingerprint density at radius 3 is 2.40 bits per heavy atom. The molecule has 82 valence electrons. The molecule has 0 radical (unpaired) electrons. The first-order valence-corrected chi connectivity index (χ1v) is 5.41. The lowest BCUT2D eigenvalue weighted by atomic mass is 9.95. The first kappa shape index (κ1) is 11.8. The largest absolute Gasteiger partial charge is 0.497 e. The smallest absolute Gasteiger partial charge is 0.119 e. The van der Waals surface area contributed by atoms with Crippen molar-refractivity contribution in [3.8, 4) is 5.75 Å². The molecular formula is C14H20O. The van der Waals surface area contributed by atoms with Gasteiger partial charge in [-0.3, -0.25) is 0 Å². The fraction of sp³-hybridized carbons (Fsp3) is 0.429. The number of allylic oxidation sites excluding steroid dienone is 2. The van der Waals surface area contributed by atoms with Gasteiger partial charge in [0.1, 0.15) is 5.75 Å². The van der Waals surface area contributed by atoms with E-state index >= 15 is 0 Å². The van der Waals surface area contributed by atoms with Crippen molar-refractivity contribution in [3.63, 3.8) is 0 Å². The lowest BCUT2D eigenvalue weighted by molar-refractivity contribution is 0.414. The minimum absolute atomic E-state index is 0.933. The summed E-state index contributed by atoms with van der Waals surface area (Å²) in [7, 11) is 1.71. The Balaban J connectivity index is 3.28. The molecule has 0 aliphatic heterocycles. The van der Waals surface area contributed by atoms with Gasteiger partial charge in [0, 0.05) is 0 Å². The number of hydrogen-bond donors (Lipinski definition) is 0. The van der Waals surface area contributed by atoms with Crippen molar-refractivity contribution in [2.75, 3.05) is 7.11 Å². The third-order valence-electron chi connectivity index (χ3n) is 2.73. The molecule has 15 heavy (non-hydrogen) atoms. The van der Waals surface area contributed by atoms with Crippen LogP contribution >= 0.6 is 0 Å². The number of ether oxygens (including phenoxy) is 1. The van der Waals surface area contributed by atoms with Crippen LogP contribution in [0.1, 0.15) is 38.3 Å². The van der Waals surface area contributed by atoms with Crippen LogP contribution in [0.25, 0.3) is 5.57 Å². The van der Waals surface area contributed by atoms with Crippen molar-refractivity contribution in [2.24, 2.45) is 0 Å². The number of benzene rings is 1. The van der Waals surface area contributed by atoms with E-state index in [1.165, 1.54) is 22.3 Å². The lowest BCUT2D eigenvalue weighted by Gasteiger charge is -2.12. The highest BCUT2D eigenvalue weighted by atomic mass is 16.5. The van der Waals surface area contributed by atoms with Crippen molar-refractivity contribution >= 4 is 5.57 Å². The number of methoxy groups -OCH3 is 1. The third kappa shape index (κ3) is 2.62. The van der Waals surface area contributed by atoms with E-state index in [-0.39, 0.29) is 0 Å². The highest BCUT2D eigenvalue weighted by Crippen LogP contribution is 2.28. The normalized spacial score (nSPS) is 9.93. The molecule has 1 heteroatoms. The first-order valence-electron chi connectivity index (χ1n) is 5.41. The molecule has 1 rings (SSSR count). The molecule has 0 aliphatic rings. The van der Waals surface area contributed by atoms with Crippen LogP contribution < -0.4 is 4.74 Å². The highest BCUT2D eigenvalue weighted by molar-refractivity contribution is 5.71. The van der Waals surface area contributed by atoms with Gasteiger partial charge in [-0.05, 0) is 56.0 Å². The molecule has 0 saturated heterocycles. The first-order chi connectivity index (χ1) is 7.10. The van der Waals surface area contributed by atoms with Crippen molar-refractivity contribution in [3.05, 3.63) is 34.9 Å². The lowest BCUT2D eigenvalue weighted by Crippen LogP contribution is -1.92. The summed E-state index contributed by atoms with van der Waals surface area (Å²) in [6, 6.07) is 6.25. The quantitative estimate of drug-likeness (QED) is 0.716. The second-order valence-electron chi connectivity index (χ2n) is 4.01. The summed E-state index contributed by atoms with van der Waals surface area (Å²) < 4.78 is 5.26. The van der Waals surface area contributed by atoms with Crippen molar-refractivity contribution in [2.45, 2.75) is 34.1 Å². The van der Waals surface area contributed by atoms with Crippen molar-refractivity contribution < 1.29 is 4.74 Å². The van der Waals surface area contributed by atoms with Crippen LogP contribution in [0.3, 0.4) is 0 Å². The fourth-order valence-electron chi connectivity index (χ4n) is 1.87. The minimum atomic E-state index is 0.933. The van der Waals surface area contributed by atoms with Crippen LogP contribution in [0.4, 0.5) is 0 Å². The molecule has 1 aromatic rings. The fourth-order valence-corrected chi connectivity index (χ4v) is 1.87. The third-order valence-corrected chi connectivity index (χ3v) is 2.73. The van der Waals surface area contributed by atoms with E-state index in [4.69, 9.17) is 4.74 Å². The monoisotopic (exact) mass is 204 g/mol. The zero-order valence-electron chi connectivity index (χ0n) is 10.3. The Morgan fingerprint density at radius 2 is 1.93 bits per heavy atom. The second-order valence-corrected chi connectivity index (χ2v) is 4.01. The Morgan fingerprint density at radius 1 is 1.27 bits per heavy atom. The zero-order chi connectivity index (χ0) is 11.4. The summed E-state index contributed by atoms with van der Waals surface area (Å²) >= 11 is 0. The molecule has 0 saturated carbocycles. The van der Waals surface area contributed by atoms with Gasteiger partial charge in [0.15, 0.2) is 0 Å². The molecule has 0 aromatic heterocycles. The average molecular weight is 204 g/mol. The molecule has 0 atom stereocenters. The van der Waals surface area contributed by atoms with Gasteiger partial charge in [0.2, 0.25) is 0 Å². The molecule has 0 aliphatic carbocycles. The molecule has 0 heterocycles. The van der Waals surface area contributed by atoms with E-state index in [1.807, 2.05) is 6.07 Å². The van der Waals surface area contributed by atoms with E-state index in [0.29, 0.717) is 0 Å². The molecule has 0 spiro atoms. The van der Waals surface area contributed by atoms with E-state index in [1.54, 1.807) is 7.11 Å². The second kappa shape index (κ2) is 5.01. The molecule has 0 unspecified atom stereocenters. The summed E-state index contributed by atoms with van der Waals surface area (Å²) in [6.45, 7) is 8.67. The standard InChI is InChI=1S/C14H20O/c1-6-13(10(2)3)14-9-12(15-5)8-7-11(14)4/h7-9H,6H2,1-5H3. The Hall–Kier alpha value is -1.24. The van der Waals surface area contributed by atoms with E-state index in [9.17, 15) is 0 Å². The predicted molar refractivity (Wildman–Crippen MR) is 66.3 cm³/mol. The summed E-state index contributed by atoms with van der Waals surface area (Å²) in [5.74, 6) is 0.933. The molecule has 1 nitrogen and oxygen atoms in total. The van der Waals surface area contributed by atoms with E-state index in [0.717, 1.165) is 12.2 Å². The summed E-state index contributed by atoms with van der Waals surface area (Å²) in [6.07, 6.45) is 1.07. The molecule has 0 bridgehead atoms. The maximum atomic E-state index is 5.26. The van der Waals surface area contributed by atoms with Gasteiger partial charge in [-0.2, -0.15) is 0 Å². The molecule has 0 amide bonds. The number of aryl methyl sites for hydroxylation is 1. The van der Waals surface area contributed by atoms with Crippen molar-refractivity contribution in [1.29, 1.82) is 0 Å². The average Bonchev–Trinajstić information content (AvgIpc) is 2.21. The van der Waals surface area contributed by atoms with Gasteiger partial charge in [0.05, 0.1) is 7.11 Å². The van der Waals surface area contributed by atoms with E-state index < -0.39 is 0 Å². The maximum absolute atomic E-state index is 5.26. The Bertz CT molecular complexity index is 371. The van der Waals surface area contributed by atoms with Crippen LogP contribution in [0.5, 0.6) is 5.75 Å². The number of rotatable bonds is 3. The van der Waals surface area contributed by atoms with Gasteiger partial charge in [0.25, 0.3) is 0 Å². The van der Waals surface area contributed by atoms with Crippen molar-refractivity contribution in [1.82, 2.24) is 0 Å². The Labute approximate surface area is 92.8 Å².